The van der Waals surface area contributed by atoms with E-state index in [-0.39, 0.29) is 26.1 Å². The van der Waals surface area contributed by atoms with Gasteiger partial charge in [-0.05, 0) is 38.5 Å². The zero-order valence-corrected chi connectivity index (χ0v) is 40.2. The monoisotopic (exact) mass is 933 g/mol. The lowest BCUT2D eigenvalue weighted by atomic mass is 9.98. The number of esters is 2. The van der Waals surface area contributed by atoms with Crippen molar-refractivity contribution in [2.45, 2.75) is 268 Å². The fraction of sp³-hybridized carbons (Fsp3) is 0.920. The lowest BCUT2D eigenvalue weighted by Crippen LogP contribution is -2.61. The number of unbranched alkanes of at least 4 members (excludes halogenated alkanes) is 24. The molecule has 15 heteroatoms. The first-order valence-corrected chi connectivity index (χ1v) is 25.8. The Morgan fingerprint density at radius 2 is 0.877 bits per heavy atom. The number of hydrogen-bond donors (Lipinski definition) is 7. The van der Waals surface area contributed by atoms with Crippen LogP contribution in [0.1, 0.15) is 200 Å². The number of hydrogen-bond acceptors (Lipinski definition) is 15. The van der Waals surface area contributed by atoms with E-state index in [4.69, 9.17) is 28.4 Å². The maximum absolute atomic E-state index is 13.0. The van der Waals surface area contributed by atoms with Gasteiger partial charge in [-0.1, -0.05) is 161 Å². The van der Waals surface area contributed by atoms with Crippen LogP contribution in [0.3, 0.4) is 0 Å². The Kier molecular flexibility index (Phi) is 34.8. The van der Waals surface area contributed by atoms with E-state index in [0.29, 0.717) is 12.8 Å². The van der Waals surface area contributed by atoms with Crippen LogP contribution in [0.15, 0.2) is 12.2 Å². The molecule has 0 aromatic carbocycles. The average Bonchev–Trinajstić information content (AvgIpc) is 3.30. The van der Waals surface area contributed by atoms with Crippen LogP contribution in [0.2, 0.25) is 0 Å². The molecule has 0 amide bonds. The molecule has 0 aromatic heterocycles. The molecule has 0 aromatic rings. The lowest BCUT2D eigenvalue weighted by molar-refractivity contribution is -0.332. The fourth-order valence-corrected chi connectivity index (χ4v) is 8.21. The van der Waals surface area contributed by atoms with Crippen molar-refractivity contribution in [3.63, 3.8) is 0 Å². The smallest absolute Gasteiger partial charge is 0.306 e. The van der Waals surface area contributed by atoms with Crippen molar-refractivity contribution >= 4 is 11.9 Å². The zero-order chi connectivity index (χ0) is 47.5. The summed E-state index contributed by atoms with van der Waals surface area (Å²) in [6.07, 6.45) is 19.5. The molecule has 7 N–H and O–H groups in total. The van der Waals surface area contributed by atoms with Gasteiger partial charge in [0.1, 0.15) is 55.4 Å². The molecular weight excluding hydrogens is 841 g/mol. The van der Waals surface area contributed by atoms with Crippen LogP contribution in [0.5, 0.6) is 0 Å². The Balaban J connectivity index is 1.80. The minimum Gasteiger partial charge on any atom is -0.462 e. The van der Waals surface area contributed by atoms with Crippen LogP contribution in [-0.4, -0.2) is 142 Å². The van der Waals surface area contributed by atoms with Crippen LogP contribution >= 0.6 is 0 Å². The molecule has 2 fully saturated rings. The number of aliphatic hydroxyl groups is 7. The first kappa shape index (κ1) is 59.4. The molecule has 0 spiro atoms. The van der Waals surface area contributed by atoms with E-state index in [1.165, 1.54) is 103 Å². The minimum atomic E-state index is -1.76. The third kappa shape index (κ3) is 26.5. The van der Waals surface area contributed by atoms with E-state index in [1.54, 1.807) is 0 Å². The molecule has 15 nitrogen and oxygen atoms in total. The molecule has 2 aliphatic rings. The number of ether oxygens (including phenoxy) is 6. The van der Waals surface area contributed by atoms with Gasteiger partial charge < -0.3 is 64.2 Å². The number of carbonyl (C=O) groups excluding carboxylic acids is 2. The topological polar surface area (TPSA) is 231 Å². The lowest BCUT2D eigenvalue weighted by Gasteiger charge is -2.42. The molecule has 382 valence electrons. The van der Waals surface area contributed by atoms with Gasteiger partial charge >= 0.3 is 11.9 Å². The van der Waals surface area contributed by atoms with Gasteiger partial charge in [-0.3, -0.25) is 9.59 Å². The molecular formula is C50H92O15. The Morgan fingerprint density at radius 3 is 1.37 bits per heavy atom. The van der Waals surface area contributed by atoms with Crippen molar-refractivity contribution in [2.75, 3.05) is 26.4 Å². The highest BCUT2D eigenvalue weighted by Crippen LogP contribution is 2.26. The summed E-state index contributed by atoms with van der Waals surface area (Å²) < 4.78 is 33.6. The first-order valence-electron chi connectivity index (χ1n) is 25.8. The Hall–Kier alpha value is -1.76. The number of aliphatic hydroxyl groups excluding tert-OH is 7. The maximum Gasteiger partial charge on any atom is 0.306 e. The molecule has 4 unspecified atom stereocenters. The Labute approximate surface area is 390 Å². The van der Waals surface area contributed by atoms with E-state index < -0.39 is 92.7 Å². The summed E-state index contributed by atoms with van der Waals surface area (Å²) >= 11 is 0. The van der Waals surface area contributed by atoms with E-state index in [1.807, 2.05) is 0 Å². The van der Waals surface area contributed by atoms with Crippen LogP contribution < -0.4 is 0 Å². The minimum absolute atomic E-state index is 0.159. The van der Waals surface area contributed by atoms with Crippen LogP contribution in [-0.2, 0) is 38.0 Å². The van der Waals surface area contributed by atoms with Gasteiger partial charge in [0, 0.05) is 12.8 Å². The van der Waals surface area contributed by atoms with Crippen LogP contribution in [0.4, 0.5) is 0 Å². The predicted octanol–water partition coefficient (Wildman–Crippen LogP) is 6.99. The van der Waals surface area contributed by atoms with Gasteiger partial charge in [-0.25, -0.2) is 0 Å². The molecule has 2 aliphatic heterocycles. The third-order valence-electron chi connectivity index (χ3n) is 12.5. The molecule has 0 saturated carbocycles. The summed E-state index contributed by atoms with van der Waals surface area (Å²) in [6.45, 7) is 2.58. The van der Waals surface area contributed by atoms with E-state index in [0.717, 1.165) is 57.8 Å². The standard InChI is InChI=1S/C50H92O15/c1-3-5-7-9-11-13-15-17-18-19-21-22-24-26-28-30-32-41(52)60-35-38(63-42(53)33-31-29-27-25-23-20-16-14-12-10-8-6-4-2)36-61-49-48(59)46(57)44(55)40(65-49)37-62-50-47(58)45(56)43(54)39(34-51)64-50/h14,16,38-40,43-51,54-59H,3-13,15,17-37H2,1-2H3/b16-14+/t38-,39+,40+,43-,44-,45?,46?,47?,48?,49+,50+/m0/s1. The first-order chi connectivity index (χ1) is 31.5. The number of carbonyl (C=O) groups is 2. The van der Waals surface area contributed by atoms with Gasteiger partial charge in [0.05, 0.1) is 19.8 Å². The second-order valence-corrected chi connectivity index (χ2v) is 18.4. The molecule has 2 saturated heterocycles. The molecule has 0 radical (unpaired) electrons. The van der Waals surface area contributed by atoms with Crippen molar-refractivity contribution in [3.05, 3.63) is 12.2 Å². The third-order valence-corrected chi connectivity index (χ3v) is 12.5. The molecule has 0 bridgehead atoms. The quantitative estimate of drug-likeness (QED) is 0.0187. The van der Waals surface area contributed by atoms with Gasteiger partial charge in [-0.2, -0.15) is 0 Å². The summed E-state index contributed by atoms with van der Waals surface area (Å²) in [7, 11) is 0. The molecule has 11 atom stereocenters. The SMILES string of the molecule is CCCCCC/C=C/CCCCCCCC(=O)O[C@@H](COC(=O)CCCCCCCCCCCCCCCCCC)CO[C@@H]1O[C@H](CO[C@@H]2O[C@H](CO)[C@H](O)C(O)C2O)[C@H](O)C(O)C1O. The molecule has 0 aliphatic carbocycles. The second kappa shape index (κ2) is 38.1. The Morgan fingerprint density at radius 1 is 0.477 bits per heavy atom. The highest BCUT2D eigenvalue weighted by Gasteiger charge is 2.47. The van der Waals surface area contributed by atoms with E-state index in [2.05, 4.69) is 26.0 Å². The van der Waals surface area contributed by atoms with Crippen molar-refractivity contribution in [1.82, 2.24) is 0 Å². The average molecular weight is 933 g/mol. The molecule has 65 heavy (non-hydrogen) atoms. The summed E-state index contributed by atoms with van der Waals surface area (Å²) in [5.41, 5.74) is 0. The van der Waals surface area contributed by atoms with E-state index >= 15 is 0 Å². The summed E-state index contributed by atoms with van der Waals surface area (Å²) in [5.74, 6) is -0.925. The van der Waals surface area contributed by atoms with Gasteiger partial charge in [-0.15, -0.1) is 0 Å². The number of allylic oxidation sites excluding steroid dienone is 2. The normalized spacial score (nSPS) is 26.4. The van der Waals surface area contributed by atoms with Crippen molar-refractivity contribution in [3.8, 4) is 0 Å². The summed E-state index contributed by atoms with van der Waals surface area (Å²) in [6, 6.07) is 0. The van der Waals surface area contributed by atoms with Gasteiger partial charge in [0.15, 0.2) is 18.7 Å². The van der Waals surface area contributed by atoms with Gasteiger partial charge in [0.25, 0.3) is 0 Å². The van der Waals surface area contributed by atoms with Crippen molar-refractivity contribution in [2.24, 2.45) is 0 Å². The van der Waals surface area contributed by atoms with Crippen molar-refractivity contribution < 1.29 is 73.8 Å². The van der Waals surface area contributed by atoms with E-state index in [9.17, 15) is 45.3 Å². The van der Waals surface area contributed by atoms with Crippen LogP contribution in [0, 0.1) is 0 Å². The highest BCUT2D eigenvalue weighted by molar-refractivity contribution is 5.70. The largest absolute Gasteiger partial charge is 0.462 e. The second-order valence-electron chi connectivity index (χ2n) is 18.4. The maximum atomic E-state index is 13.0. The Bertz CT molecular complexity index is 1190. The summed E-state index contributed by atoms with van der Waals surface area (Å²) in [4.78, 5) is 25.7. The van der Waals surface area contributed by atoms with Crippen molar-refractivity contribution in [1.29, 1.82) is 0 Å². The summed E-state index contributed by atoms with van der Waals surface area (Å²) in [5, 5.41) is 72.0. The zero-order valence-electron chi connectivity index (χ0n) is 40.2. The van der Waals surface area contributed by atoms with Gasteiger partial charge in [0.2, 0.25) is 0 Å². The highest BCUT2D eigenvalue weighted by atomic mass is 16.7. The number of rotatable bonds is 40. The predicted molar refractivity (Wildman–Crippen MR) is 248 cm³/mol. The fourth-order valence-electron chi connectivity index (χ4n) is 8.21. The molecule has 2 heterocycles. The molecule has 2 rings (SSSR count). The van der Waals surface area contributed by atoms with Crippen LogP contribution in [0.25, 0.3) is 0 Å².